The molecule has 0 radical (unpaired) electrons. The zero-order valence-electron chi connectivity index (χ0n) is 11.8. The number of nitrogens with zero attached hydrogens (tertiary/aromatic N) is 3. The van der Waals surface area contributed by atoms with E-state index in [1.165, 1.54) is 18.5 Å². The van der Waals surface area contributed by atoms with Gasteiger partial charge in [0.05, 0.1) is 23.0 Å². The molecule has 6 nitrogen and oxygen atoms in total. The number of halogens is 1. The number of benzene rings is 1. The molecule has 112 valence electrons. The van der Waals surface area contributed by atoms with E-state index in [4.69, 9.17) is 11.6 Å². The number of rotatable bonds is 4. The first-order valence-corrected chi connectivity index (χ1v) is 7.94. The number of hydrogen-bond acceptors (Lipinski definition) is 5. The number of nitrogens with one attached hydrogen (secondary N) is 1. The van der Waals surface area contributed by atoms with E-state index >= 15 is 0 Å². The minimum atomic E-state index is -3.73. The predicted molar refractivity (Wildman–Crippen MR) is 83.4 cm³/mol. The maximum Gasteiger partial charge on any atom is 0.262 e. The van der Waals surface area contributed by atoms with Crippen LogP contribution in [-0.2, 0) is 10.0 Å². The van der Waals surface area contributed by atoms with E-state index in [9.17, 15) is 8.42 Å². The van der Waals surface area contributed by atoms with Crippen LogP contribution in [0.1, 0.15) is 5.56 Å². The molecule has 1 aromatic carbocycles. The van der Waals surface area contributed by atoms with Gasteiger partial charge in [0.15, 0.2) is 0 Å². The molecule has 0 fully saturated rings. The monoisotopic (exact) mass is 326 g/mol. The van der Waals surface area contributed by atoms with Crippen LogP contribution in [0.5, 0.6) is 0 Å². The summed E-state index contributed by atoms with van der Waals surface area (Å²) in [5.41, 5.74) is 0.789. The molecule has 1 heterocycles. The Morgan fingerprint density at radius 1 is 1.19 bits per heavy atom. The predicted octanol–water partition coefficient (Wildman–Crippen LogP) is 2.31. The standard InChI is InChI=1S/C13H15ClN4O2S/c1-9-11(14)5-4-6-12(9)21(19,20)17-10-7-15-13(16-8-10)18(2)3/h4-8,17H,1-3H3. The van der Waals surface area contributed by atoms with Gasteiger partial charge >= 0.3 is 0 Å². The van der Waals surface area contributed by atoms with Crippen LogP contribution in [0.15, 0.2) is 35.5 Å². The van der Waals surface area contributed by atoms with Gasteiger partial charge in [0, 0.05) is 19.1 Å². The second kappa shape index (κ2) is 5.87. The molecule has 0 saturated carbocycles. The highest BCUT2D eigenvalue weighted by molar-refractivity contribution is 7.92. The van der Waals surface area contributed by atoms with E-state index in [0.29, 0.717) is 22.2 Å². The minimum absolute atomic E-state index is 0.131. The lowest BCUT2D eigenvalue weighted by Gasteiger charge is -2.12. The van der Waals surface area contributed by atoms with Crippen molar-refractivity contribution < 1.29 is 8.42 Å². The summed E-state index contributed by atoms with van der Waals surface area (Å²) >= 11 is 5.96. The Morgan fingerprint density at radius 3 is 2.38 bits per heavy atom. The number of sulfonamides is 1. The van der Waals surface area contributed by atoms with Gasteiger partial charge in [-0.1, -0.05) is 17.7 Å². The second-order valence-electron chi connectivity index (χ2n) is 4.63. The van der Waals surface area contributed by atoms with E-state index in [1.54, 1.807) is 38.1 Å². The number of anilines is 2. The first kappa shape index (κ1) is 15.5. The van der Waals surface area contributed by atoms with Gasteiger partial charge in [-0.15, -0.1) is 0 Å². The average molecular weight is 327 g/mol. The van der Waals surface area contributed by atoms with E-state index < -0.39 is 10.0 Å². The molecule has 1 N–H and O–H groups in total. The van der Waals surface area contributed by atoms with Gasteiger partial charge < -0.3 is 4.90 Å². The van der Waals surface area contributed by atoms with Crippen LogP contribution in [0.3, 0.4) is 0 Å². The van der Waals surface area contributed by atoms with Crippen LogP contribution < -0.4 is 9.62 Å². The molecule has 0 unspecified atom stereocenters. The fraction of sp³-hybridized carbons (Fsp3) is 0.231. The zero-order valence-corrected chi connectivity index (χ0v) is 13.4. The Morgan fingerprint density at radius 2 is 1.81 bits per heavy atom. The van der Waals surface area contributed by atoms with Crippen molar-refractivity contribution in [1.82, 2.24) is 9.97 Å². The topological polar surface area (TPSA) is 75.2 Å². The molecule has 1 aromatic heterocycles. The lowest BCUT2D eigenvalue weighted by Crippen LogP contribution is -2.16. The number of aromatic nitrogens is 2. The summed E-state index contributed by atoms with van der Waals surface area (Å²) in [7, 11) is -0.127. The summed E-state index contributed by atoms with van der Waals surface area (Å²) in [6.07, 6.45) is 2.83. The van der Waals surface area contributed by atoms with Crippen LogP contribution in [0.4, 0.5) is 11.6 Å². The number of hydrogen-bond donors (Lipinski definition) is 1. The van der Waals surface area contributed by atoms with Gasteiger partial charge in [-0.05, 0) is 24.6 Å². The normalized spacial score (nSPS) is 11.2. The molecule has 0 bridgehead atoms. The SMILES string of the molecule is Cc1c(Cl)cccc1S(=O)(=O)Nc1cnc(N(C)C)nc1. The summed E-state index contributed by atoms with van der Waals surface area (Å²) in [6, 6.07) is 4.74. The van der Waals surface area contributed by atoms with Gasteiger partial charge in [-0.2, -0.15) is 0 Å². The Kier molecular flexibility index (Phi) is 4.34. The van der Waals surface area contributed by atoms with Gasteiger partial charge in [0.25, 0.3) is 10.0 Å². The fourth-order valence-electron chi connectivity index (χ4n) is 1.69. The summed E-state index contributed by atoms with van der Waals surface area (Å²) in [5, 5.41) is 0.400. The summed E-state index contributed by atoms with van der Waals surface area (Å²) < 4.78 is 27.2. The lowest BCUT2D eigenvalue weighted by atomic mass is 10.2. The van der Waals surface area contributed by atoms with Crippen LogP contribution in [0, 0.1) is 6.92 Å². The summed E-state index contributed by atoms with van der Waals surface area (Å²) in [5.74, 6) is 0.497. The summed E-state index contributed by atoms with van der Waals surface area (Å²) in [4.78, 5) is 9.97. The third-order valence-electron chi connectivity index (χ3n) is 2.80. The van der Waals surface area contributed by atoms with E-state index in [1.807, 2.05) is 0 Å². The molecule has 0 saturated heterocycles. The molecule has 0 amide bonds. The molecule has 2 rings (SSSR count). The molecular weight excluding hydrogens is 312 g/mol. The molecular formula is C13H15ClN4O2S. The Labute approximate surface area is 128 Å². The quantitative estimate of drug-likeness (QED) is 0.933. The fourth-order valence-corrected chi connectivity index (χ4v) is 3.22. The third-order valence-corrected chi connectivity index (χ3v) is 4.73. The molecule has 0 aliphatic carbocycles. The van der Waals surface area contributed by atoms with Crippen molar-refractivity contribution >= 4 is 33.3 Å². The van der Waals surface area contributed by atoms with E-state index in [0.717, 1.165) is 0 Å². The van der Waals surface area contributed by atoms with Crippen molar-refractivity contribution in [3.05, 3.63) is 41.2 Å². The highest BCUT2D eigenvalue weighted by Crippen LogP contribution is 2.24. The van der Waals surface area contributed by atoms with Crippen molar-refractivity contribution in [3.8, 4) is 0 Å². The highest BCUT2D eigenvalue weighted by Gasteiger charge is 2.18. The lowest BCUT2D eigenvalue weighted by molar-refractivity contribution is 0.600. The summed E-state index contributed by atoms with van der Waals surface area (Å²) in [6.45, 7) is 1.66. The average Bonchev–Trinajstić information content (AvgIpc) is 2.41. The van der Waals surface area contributed by atoms with Crippen LogP contribution in [-0.4, -0.2) is 32.5 Å². The van der Waals surface area contributed by atoms with Crippen LogP contribution in [0.2, 0.25) is 5.02 Å². The molecule has 0 spiro atoms. The first-order chi connectivity index (χ1) is 9.81. The molecule has 0 aliphatic rings. The van der Waals surface area contributed by atoms with Gasteiger partial charge in [-0.25, -0.2) is 18.4 Å². The maximum absolute atomic E-state index is 12.4. The van der Waals surface area contributed by atoms with E-state index in [2.05, 4.69) is 14.7 Å². The van der Waals surface area contributed by atoms with Gasteiger partial charge in [-0.3, -0.25) is 4.72 Å². The molecule has 2 aromatic rings. The largest absolute Gasteiger partial charge is 0.347 e. The van der Waals surface area contributed by atoms with Crippen LogP contribution in [0.25, 0.3) is 0 Å². The van der Waals surface area contributed by atoms with Crippen LogP contribution >= 0.6 is 11.6 Å². The first-order valence-electron chi connectivity index (χ1n) is 6.08. The second-order valence-corrected chi connectivity index (χ2v) is 6.69. The highest BCUT2D eigenvalue weighted by atomic mass is 35.5. The Balaban J connectivity index is 2.31. The molecule has 0 aliphatic heterocycles. The molecule has 21 heavy (non-hydrogen) atoms. The van der Waals surface area contributed by atoms with Crippen molar-refractivity contribution in [3.63, 3.8) is 0 Å². The van der Waals surface area contributed by atoms with Crippen molar-refractivity contribution in [1.29, 1.82) is 0 Å². The van der Waals surface area contributed by atoms with Gasteiger partial charge in [0.1, 0.15) is 0 Å². The smallest absolute Gasteiger partial charge is 0.262 e. The Hall–Kier alpha value is -1.86. The van der Waals surface area contributed by atoms with Crippen molar-refractivity contribution in [2.24, 2.45) is 0 Å². The third kappa shape index (κ3) is 3.43. The maximum atomic E-state index is 12.4. The molecule has 8 heteroatoms. The zero-order chi connectivity index (χ0) is 15.6. The Bertz CT molecular complexity index is 745. The van der Waals surface area contributed by atoms with E-state index in [-0.39, 0.29) is 4.90 Å². The van der Waals surface area contributed by atoms with Crippen molar-refractivity contribution in [2.75, 3.05) is 23.7 Å². The molecule has 0 atom stereocenters. The van der Waals surface area contributed by atoms with Crippen molar-refractivity contribution in [2.45, 2.75) is 11.8 Å². The minimum Gasteiger partial charge on any atom is -0.347 e. The van der Waals surface area contributed by atoms with Gasteiger partial charge in [0.2, 0.25) is 5.95 Å².